The zero-order valence-electron chi connectivity index (χ0n) is 13.3. The minimum atomic E-state index is -0.262. The molecule has 0 aliphatic heterocycles. The van der Waals surface area contributed by atoms with Gasteiger partial charge in [0.15, 0.2) is 0 Å². The molecule has 1 heterocycles. The van der Waals surface area contributed by atoms with E-state index in [1.54, 1.807) is 6.07 Å². The lowest BCUT2D eigenvalue weighted by atomic mass is 10.2. The van der Waals surface area contributed by atoms with Crippen LogP contribution in [0.5, 0.6) is 5.75 Å². The van der Waals surface area contributed by atoms with Crippen molar-refractivity contribution < 1.29 is 9.13 Å². The molecule has 0 amide bonds. The standard InChI is InChI=1S/C21H15BrFNO/c22-20-12-16(23)13-21-19(20)10-11-24(21)17-6-8-18(9-7-17)25-14-15-4-2-1-3-5-15/h1-13H,14H2. The lowest BCUT2D eigenvalue weighted by molar-refractivity contribution is 0.306. The molecule has 2 nitrogen and oxygen atoms in total. The van der Waals surface area contributed by atoms with Crippen LogP contribution < -0.4 is 4.74 Å². The molecular formula is C21H15BrFNO. The van der Waals surface area contributed by atoms with Gasteiger partial charge in [-0.15, -0.1) is 0 Å². The minimum absolute atomic E-state index is 0.262. The number of hydrogen-bond acceptors (Lipinski definition) is 1. The van der Waals surface area contributed by atoms with E-state index in [1.165, 1.54) is 6.07 Å². The predicted octanol–water partition coefficient (Wildman–Crippen LogP) is 6.11. The van der Waals surface area contributed by atoms with Crippen molar-refractivity contribution in [2.75, 3.05) is 0 Å². The van der Waals surface area contributed by atoms with Crippen LogP contribution in [-0.4, -0.2) is 4.57 Å². The maximum Gasteiger partial charge on any atom is 0.126 e. The van der Waals surface area contributed by atoms with E-state index in [0.29, 0.717) is 6.61 Å². The van der Waals surface area contributed by atoms with Gasteiger partial charge in [0.05, 0.1) is 5.52 Å². The monoisotopic (exact) mass is 395 g/mol. The van der Waals surface area contributed by atoms with Gasteiger partial charge in [-0.2, -0.15) is 0 Å². The number of ether oxygens (including phenoxy) is 1. The summed E-state index contributed by atoms with van der Waals surface area (Å²) >= 11 is 3.41. The zero-order valence-corrected chi connectivity index (χ0v) is 14.9. The van der Waals surface area contributed by atoms with E-state index < -0.39 is 0 Å². The summed E-state index contributed by atoms with van der Waals surface area (Å²) in [6.07, 6.45) is 1.94. The predicted molar refractivity (Wildman–Crippen MR) is 102 cm³/mol. The lowest BCUT2D eigenvalue weighted by Crippen LogP contribution is -1.96. The minimum Gasteiger partial charge on any atom is -0.489 e. The van der Waals surface area contributed by atoms with Crippen molar-refractivity contribution in [1.29, 1.82) is 0 Å². The Bertz CT molecular complexity index is 1010. The van der Waals surface area contributed by atoms with Gasteiger partial charge in [-0.1, -0.05) is 30.3 Å². The fourth-order valence-corrected chi connectivity index (χ4v) is 3.39. The maximum absolute atomic E-state index is 13.7. The van der Waals surface area contributed by atoms with Crippen LogP contribution in [0.4, 0.5) is 4.39 Å². The third kappa shape index (κ3) is 3.30. The highest BCUT2D eigenvalue weighted by molar-refractivity contribution is 9.10. The van der Waals surface area contributed by atoms with E-state index >= 15 is 0 Å². The molecule has 0 saturated carbocycles. The van der Waals surface area contributed by atoms with Gasteiger partial charge in [-0.3, -0.25) is 0 Å². The van der Waals surface area contributed by atoms with E-state index in [9.17, 15) is 4.39 Å². The second-order valence-electron chi connectivity index (χ2n) is 5.77. The molecule has 0 unspecified atom stereocenters. The van der Waals surface area contributed by atoms with Crippen molar-refractivity contribution in [2.45, 2.75) is 6.61 Å². The van der Waals surface area contributed by atoms with Crippen LogP contribution in [0.25, 0.3) is 16.6 Å². The average Bonchev–Trinajstić information content (AvgIpc) is 3.05. The molecule has 4 rings (SSSR count). The van der Waals surface area contributed by atoms with Crippen molar-refractivity contribution >= 4 is 26.8 Å². The molecule has 0 atom stereocenters. The van der Waals surface area contributed by atoms with E-state index in [1.807, 2.05) is 71.4 Å². The number of hydrogen-bond donors (Lipinski definition) is 0. The van der Waals surface area contributed by atoms with Gasteiger partial charge in [-0.25, -0.2) is 4.39 Å². The molecule has 4 aromatic rings. The molecule has 4 heteroatoms. The van der Waals surface area contributed by atoms with E-state index in [0.717, 1.165) is 32.4 Å². The van der Waals surface area contributed by atoms with Crippen LogP contribution in [0.1, 0.15) is 5.56 Å². The zero-order chi connectivity index (χ0) is 17.2. The number of nitrogens with zero attached hydrogens (tertiary/aromatic N) is 1. The van der Waals surface area contributed by atoms with E-state index in [-0.39, 0.29) is 5.82 Å². The summed E-state index contributed by atoms with van der Waals surface area (Å²) in [6.45, 7) is 0.533. The van der Waals surface area contributed by atoms with Gasteiger partial charge < -0.3 is 9.30 Å². The highest BCUT2D eigenvalue weighted by atomic mass is 79.9. The summed E-state index contributed by atoms with van der Waals surface area (Å²) < 4.78 is 22.3. The molecule has 124 valence electrons. The van der Waals surface area contributed by atoms with Crippen molar-refractivity contribution in [2.24, 2.45) is 0 Å². The van der Waals surface area contributed by atoms with E-state index in [4.69, 9.17) is 4.74 Å². The van der Waals surface area contributed by atoms with Crippen molar-refractivity contribution in [3.8, 4) is 11.4 Å². The number of aromatic nitrogens is 1. The molecule has 0 saturated heterocycles. The van der Waals surface area contributed by atoms with Gasteiger partial charge in [0, 0.05) is 21.7 Å². The van der Waals surface area contributed by atoms with Crippen molar-refractivity contribution in [3.05, 3.63) is 94.8 Å². The van der Waals surface area contributed by atoms with Gasteiger partial charge in [0.2, 0.25) is 0 Å². The van der Waals surface area contributed by atoms with Crippen LogP contribution in [0, 0.1) is 5.82 Å². The first kappa shape index (κ1) is 15.9. The first-order valence-corrected chi connectivity index (χ1v) is 8.73. The molecule has 0 bridgehead atoms. The molecular weight excluding hydrogens is 381 g/mol. The SMILES string of the molecule is Fc1cc(Br)c2ccn(-c3ccc(OCc4ccccc4)cc3)c2c1. The maximum atomic E-state index is 13.7. The first-order chi connectivity index (χ1) is 12.2. The Morgan fingerprint density at radius 3 is 2.44 bits per heavy atom. The second-order valence-corrected chi connectivity index (χ2v) is 6.63. The Labute approximate surface area is 153 Å². The molecule has 0 fully saturated rings. The summed E-state index contributed by atoms with van der Waals surface area (Å²) in [5.74, 6) is 0.540. The van der Waals surface area contributed by atoms with Crippen molar-refractivity contribution in [3.63, 3.8) is 0 Å². The Morgan fingerprint density at radius 2 is 1.68 bits per heavy atom. The second kappa shape index (κ2) is 6.73. The highest BCUT2D eigenvalue weighted by Crippen LogP contribution is 2.29. The summed E-state index contributed by atoms with van der Waals surface area (Å²) in [5, 5.41) is 0.978. The Balaban J connectivity index is 1.58. The van der Waals surface area contributed by atoms with Crippen molar-refractivity contribution in [1.82, 2.24) is 4.57 Å². The molecule has 0 aliphatic carbocycles. The first-order valence-electron chi connectivity index (χ1n) is 7.94. The van der Waals surface area contributed by atoms with Crippen LogP contribution in [0.3, 0.4) is 0 Å². The molecule has 3 aromatic carbocycles. The van der Waals surface area contributed by atoms with Crippen LogP contribution >= 0.6 is 15.9 Å². The summed E-state index contributed by atoms with van der Waals surface area (Å²) in [5.41, 5.74) is 2.91. The average molecular weight is 396 g/mol. The molecule has 25 heavy (non-hydrogen) atoms. The number of benzene rings is 3. The van der Waals surface area contributed by atoms with Gasteiger partial charge in [0.25, 0.3) is 0 Å². The molecule has 0 N–H and O–H groups in total. The number of halogens is 2. The topological polar surface area (TPSA) is 14.2 Å². The smallest absolute Gasteiger partial charge is 0.126 e. The summed E-state index contributed by atoms with van der Waals surface area (Å²) in [7, 11) is 0. The molecule has 1 aromatic heterocycles. The van der Waals surface area contributed by atoms with Crippen LogP contribution in [0.2, 0.25) is 0 Å². The Kier molecular flexibility index (Phi) is 4.28. The molecule has 0 radical (unpaired) electrons. The molecule has 0 aliphatic rings. The normalized spacial score (nSPS) is 11.0. The third-order valence-corrected chi connectivity index (χ3v) is 4.74. The quantitative estimate of drug-likeness (QED) is 0.406. The third-order valence-electron chi connectivity index (χ3n) is 4.09. The number of fused-ring (bicyclic) bond motifs is 1. The highest BCUT2D eigenvalue weighted by Gasteiger charge is 2.08. The van der Waals surface area contributed by atoms with Gasteiger partial charge in [-0.05, 0) is 64.0 Å². The van der Waals surface area contributed by atoms with Gasteiger partial charge in [0.1, 0.15) is 18.2 Å². The van der Waals surface area contributed by atoms with Crippen LogP contribution in [0.15, 0.2) is 83.5 Å². The van der Waals surface area contributed by atoms with E-state index in [2.05, 4.69) is 15.9 Å². The fourth-order valence-electron chi connectivity index (χ4n) is 2.83. The van der Waals surface area contributed by atoms with Crippen LogP contribution in [-0.2, 0) is 6.61 Å². The Morgan fingerprint density at radius 1 is 0.920 bits per heavy atom. The van der Waals surface area contributed by atoms with Gasteiger partial charge >= 0.3 is 0 Å². The lowest BCUT2D eigenvalue weighted by Gasteiger charge is -2.09. The summed E-state index contributed by atoms with van der Waals surface area (Å²) in [4.78, 5) is 0. The largest absolute Gasteiger partial charge is 0.489 e. The number of rotatable bonds is 4. The fraction of sp³-hybridized carbons (Fsp3) is 0.0476. The molecule has 0 spiro atoms. The summed E-state index contributed by atoms with van der Waals surface area (Å²) in [6, 6.07) is 22.8. The Hall–Kier alpha value is -2.59.